The number of β-amino-alcohol motifs (C(OH)–C–C–N with tert-alkyl or cyclic N) is 1. The highest BCUT2D eigenvalue weighted by atomic mass is 16.3. The summed E-state index contributed by atoms with van der Waals surface area (Å²) in [5.74, 6) is -0.224. The Labute approximate surface area is 127 Å². The highest BCUT2D eigenvalue weighted by Gasteiger charge is 2.35. The number of amides is 1. The Kier molecular flexibility index (Phi) is 3.69. The molecule has 0 bridgehead atoms. The van der Waals surface area contributed by atoms with Crippen LogP contribution in [-0.4, -0.2) is 50.3 Å². The largest absolute Gasteiger partial charge is 0.391 e. The molecule has 3 N–H and O–H groups in total. The highest BCUT2D eigenvalue weighted by molar-refractivity contribution is 5.93. The molecule has 22 heavy (non-hydrogen) atoms. The van der Waals surface area contributed by atoms with Crippen molar-refractivity contribution >= 4 is 5.91 Å². The first-order chi connectivity index (χ1) is 10.6. The molecule has 7 heteroatoms. The quantitative estimate of drug-likeness (QED) is 0.770. The third-order valence-electron chi connectivity index (χ3n) is 3.97. The summed E-state index contributed by atoms with van der Waals surface area (Å²) in [4.78, 5) is 16.8. The second kappa shape index (κ2) is 5.66. The fourth-order valence-electron chi connectivity index (χ4n) is 2.82. The first-order valence-corrected chi connectivity index (χ1v) is 7.13. The Balaban J connectivity index is 1.67. The highest BCUT2D eigenvalue weighted by Crippen LogP contribution is 2.22. The lowest BCUT2D eigenvalue weighted by molar-refractivity contribution is 0.0759. The van der Waals surface area contributed by atoms with Crippen LogP contribution in [0.25, 0.3) is 0 Å². The smallest absolute Gasteiger partial charge is 0.270 e. The first-order valence-electron chi connectivity index (χ1n) is 7.13. The topological polar surface area (TPSA) is 109 Å². The number of nitrogens with one attached hydrogen (secondary N) is 2. The second-order valence-electron chi connectivity index (χ2n) is 5.70. The van der Waals surface area contributed by atoms with Gasteiger partial charge in [-0.15, -0.1) is 0 Å². The third kappa shape index (κ3) is 2.73. The fourth-order valence-corrected chi connectivity index (χ4v) is 2.82. The van der Waals surface area contributed by atoms with Crippen LogP contribution in [0.4, 0.5) is 0 Å². The van der Waals surface area contributed by atoms with Crippen molar-refractivity contribution in [2.45, 2.75) is 19.4 Å². The van der Waals surface area contributed by atoms with Gasteiger partial charge < -0.3 is 15.0 Å². The second-order valence-corrected chi connectivity index (χ2v) is 5.70. The third-order valence-corrected chi connectivity index (χ3v) is 3.97. The summed E-state index contributed by atoms with van der Waals surface area (Å²) in [7, 11) is 0. The number of rotatable bonds is 3. The zero-order valence-electron chi connectivity index (χ0n) is 12.2. The van der Waals surface area contributed by atoms with Crippen molar-refractivity contribution in [1.82, 2.24) is 20.1 Å². The molecule has 7 nitrogen and oxygen atoms in total. The maximum atomic E-state index is 12.4. The van der Waals surface area contributed by atoms with Gasteiger partial charge in [0.05, 0.1) is 17.4 Å². The molecule has 1 saturated heterocycles. The Morgan fingerprint density at radius 1 is 1.55 bits per heavy atom. The molecule has 0 unspecified atom stereocenters. The Morgan fingerprint density at radius 2 is 2.36 bits per heavy atom. The zero-order chi connectivity index (χ0) is 15.7. The number of hydrogen-bond acceptors (Lipinski definition) is 4. The predicted octanol–water partition coefficient (Wildman–Crippen LogP) is 0.593. The van der Waals surface area contributed by atoms with Crippen molar-refractivity contribution in [1.29, 1.82) is 5.26 Å². The lowest BCUT2D eigenvalue weighted by atomic mass is 10.0. The van der Waals surface area contributed by atoms with E-state index in [0.717, 1.165) is 11.4 Å². The summed E-state index contributed by atoms with van der Waals surface area (Å²) in [6, 6.07) is 5.45. The minimum atomic E-state index is -0.564. The number of aliphatic hydroxyl groups is 1. The van der Waals surface area contributed by atoms with Crippen LogP contribution in [0.15, 0.2) is 18.3 Å². The first kappa shape index (κ1) is 14.4. The standard InChI is InChI=1S/C15H17N5O2/c1-9-2-12(19-18-9)4-11-7-20(8-14(11)21)15(22)13-3-10(5-16)6-17-13/h2-3,6,11,14,17,21H,4,7-8H2,1H3,(H,18,19)/t11-,14-/m1/s1. The lowest BCUT2D eigenvalue weighted by Gasteiger charge is -2.14. The van der Waals surface area contributed by atoms with Crippen LogP contribution in [0.1, 0.15) is 27.4 Å². The number of aromatic amines is 2. The average Bonchev–Trinajstić information content (AvgIpc) is 3.20. The maximum Gasteiger partial charge on any atom is 0.270 e. The maximum absolute atomic E-state index is 12.4. The summed E-state index contributed by atoms with van der Waals surface area (Å²) < 4.78 is 0. The van der Waals surface area contributed by atoms with E-state index in [9.17, 15) is 9.90 Å². The van der Waals surface area contributed by atoms with Gasteiger partial charge in [-0.3, -0.25) is 9.89 Å². The minimum Gasteiger partial charge on any atom is -0.391 e. The number of carbonyl (C=O) groups is 1. The molecule has 1 aliphatic rings. The molecule has 0 saturated carbocycles. The van der Waals surface area contributed by atoms with Crippen LogP contribution in [0.2, 0.25) is 0 Å². The van der Waals surface area contributed by atoms with Crippen molar-refractivity contribution in [3.63, 3.8) is 0 Å². The van der Waals surface area contributed by atoms with E-state index in [-0.39, 0.29) is 11.8 Å². The fraction of sp³-hybridized carbons (Fsp3) is 0.400. The van der Waals surface area contributed by atoms with Crippen LogP contribution in [-0.2, 0) is 6.42 Å². The monoisotopic (exact) mass is 299 g/mol. The molecule has 114 valence electrons. The molecular weight excluding hydrogens is 282 g/mol. The molecule has 1 amide bonds. The van der Waals surface area contributed by atoms with Gasteiger partial charge in [-0.05, 0) is 25.5 Å². The van der Waals surface area contributed by atoms with Gasteiger partial charge in [-0.2, -0.15) is 10.4 Å². The van der Waals surface area contributed by atoms with Gasteiger partial charge in [-0.25, -0.2) is 0 Å². The van der Waals surface area contributed by atoms with Crippen LogP contribution < -0.4 is 0 Å². The molecular formula is C15H17N5O2. The minimum absolute atomic E-state index is 0.0305. The molecule has 2 atom stereocenters. The predicted molar refractivity (Wildman–Crippen MR) is 77.9 cm³/mol. The summed E-state index contributed by atoms with van der Waals surface area (Å²) in [5.41, 5.74) is 2.67. The summed E-state index contributed by atoms with van der Waals surface area (Å²) in [6.45, 7) is 2.70. The number of nitriles is 1. The van der Waals surface area contributed by atoms with Crippen molar-refractivity contribution in [2.24, 2.45) is 5.92 Å². The van der Waals surface area contributed by atoms with Crippen LogP contribution >= 0.6 is 0 Å². The number of H-pyrrole nitrogens is 2. The number of hydrogen-bond donors (Lipinski definition) is 3. The van der Waals surface area contributed by atoms with E-state index >= 15 is 0 Å². The lowest BCUT2D eigenvalue weighted by Crippen LogP contribution is -2.29. The van der Waals surface area contributed by atoms with Crippen LogP contribution in [0, 0.1) is 24.2 Å². The Morgan fingerprint density at radius 3 is 3.00 bits per heavy atom. The molecule has 0 spiro atoms. The van der Waals surface area contributed by atoms with Gasteiger partial charge in [0.2, 0.25) is 0 Å². The van der Waals surface area contributed by atoms with Crippen molar-refractivity contribution in [2.75, 3.05) is 13.1 Å². The van der Waals surface area contributed by atoms with E-state index in [1.165, 1.54) is 12.3 Å². The summed E-state index contributed by atoms with van der Waals surface area (Å²) >= 11 is 0. The Bertz CT molecular complexity index is 726. The van der Waals surface area contributed by atoms with E-state index in [1.54, 1.807) is 4.90 Å². The molecule has 0 radical (unpaired) electrons. The molecule has 2 aromatic rings. The van der Waals surface area contributed by atoms with Gasteiger partial charge in [0.25, 0.3) is 5.91 Å². The zero-order valence-corrected chi connectivity index (χ0v) is 12.2. The van der Waals surface area contributed by atoms with E-state index in [2.05, 4.69) is 15.2 Å². The number of likely N-dealkylation sites (tertiary alicyclic amines) is 1. The van der Waals surface area contributed by atoms with Crippen molar-refractivity contribution in [3.8, 4) is 6.07 Å². The van der Waals surface area contributed by atoms with Crippen LogP contribution in [0.3, 0.4) is 0 Å². The van der Waals surface area contributed by atoms with Crippen LogP contribution in [0.5, 0.6) is 0 Å². The number of nitrogens with zero attached hydrogens (tertiary/aromatic N) is 3. The van der Waals surface area contributed by atoms with E-state index < -0.39 is 6.10 Å². The molecule has 1 fully saturated rings. The average molecular weight is 299 g/mol. The molecule has 1 aliphatic heterocycles. The van der Waals surface area contributed by atoms with Gasteiger partial charge in [0.1, 0.15) is 11.8 Å². The van der Waals surface area contributed by atoms with Crippen molar-refractivity contribution < 1.29 is 9.90 Å². The van der Waals surface area contributed by atoms with Gasteiger partial charge >= 0.3 is 0 Å². The molecule has 0 aliphatic carbocycles. The van der Waals surface area contributed by atoms with Gasteiger partial charge in [0.15, 0.2) is 0 Å². The summed E-state index contributed by atoms with van der Waals surface area (Å²) in [5, 5.41) is 26.0. The molecule has 0 aromatic carbocycles. The number of aryl methyl sites for hydroxylation is 1. The van der Waals surface area contributed by atoms with E-state index in [4.69, 9.17) is 5.26 Å². The number of carbonyl (C=O) groups excluding carboxylic acids is 1. The molecule has 2 aromatic heterocycles. The molecule has 3 rings (SSSR count). The number of aliphatic hydroxyl groups excluding tert-OH is 1. The Hall–Kier alpha value is -2.59. The van der Waals surface area contributed by atoms with E-state index in [0.29, 0.717) is 30.8 Å². The SMILES string of the molecule is Cc1cc(C[C@@H]2CN(C(=O)c3cc(C#N)c[nH]3)C[C@H]2O)n[nH]1. The summed E-state index contributed by atoms with van der Waals surface area (Å²) in [6.07, 6.45) is 1.57. The van der Waals surface area contributed by atoms with Crippen molar-refractivity contribution in [3.05, 3.63) is 41.0 Å². The van der Waals surface area contributed by atoms with E-state index in [1.807, 2.05) is 19.1 Å². The number of aromatic nitrogens is 3. The normalized spacial score (nSPS) is 21.0. The molecule has 3 heterocycles. The van der Waals surface area contributed by atoms with Gasteiger partial charge in [-0.1, -0.05) is 0 Å². The van der Waals surface area contributed by atoms with Gasteiger partial charge in [0, 0.05) is 30.9 Å².